The van der Waals surface area contributed by atoms with Gasteiger partial charge in [0.05, 0.1) is 6.54 Å². The molecule has 122 valence electrons. The second-order valence-corrected chi connectivity index (χ2v) is 6.44. The van der Waals surface area contributed by atoms with Crippen molar-refractivity contribution in [3.05, 3.63) is 35.1 Å². The van der Waals surface area contributed by atoms with E-state index < -0.39 is 0 Å². The molecule has 2 aromatic rings. The molecule has 1 aliphatic heterocycles. The van der Waals surface area contributed by atoms with Crippen molar-refractivity contribution >= 4 is 28.5 Å². The summed E-state index contributed by atoms with van der Waals surface area (Å²) in [5, 5.41) is 2.42. The zero-order chi connectivity index (χ0) is 16.6. The second kappa shape index (κ2) is 6.24. The summed E-state index contributed by atoms with van der Waals surface area (Å²) in [6.45, 7) is 5.12. The Hall–Kier alpha value is -2.01. The third-order valence-electron chi connectivity index (χ3n) is 3.96. The topological polar surface area (TPSA) is 51.7 Å². The lowest BCUT2D eigenvalue weighted by atomic mass is 9.97. The Kier molecular flexibility index (Phi) is 4.31. The third kappa shape index (κ3) is 3.20. The summed E-state index contributed by atoms with van der Waals surface area (Å²) in [5.74, 6) is 1.09. The lowest BCUT2D eigenvalue weighted by Gasteiger charge is -2.16. The van der Waals surface area contributed by atoms with Gasteiger partial charge in [-0.15, -0.1) is 0 Å². The van der Waals surface area contributed by atoms with E-state index >= 15 is 0 Å². The molecule has 1 saturated heterocycles. The van der Waals surface area contributed by atoms with Gasteiger partial charge in [-0.3, -0.25) is 0 Å². The van der Waals surface area contributed by atoms with E-state index in [0.717, 1.165) is 16.5 Å². The zero-order valence-corrected chi connectivity index (χ0v) is 14.1. The first kappa shape index (κ1) is 15.9. The molecule has 5 nitrogen and oxygen atoms in total. The largest absolute Gasteiger partial charge is 0.489 e. The molecule has 6 heteroatoms. The molecule has 23 heavy (non-hydrogen) atoms. The number of likely N-dealkylation sites (N-methyl/N-ethyl adjacent to an activating group) is 1. The molecular weight excluding hydrogens is 316 g/mol. The number of fused-ring (bicyclic) bond motifs is 1. The number of carbonyl (C=O) groups is 1. The molecule has 1 unspecified atom stereocenters. The maximum absolute atomic E-state index is 11.4. The maximum Gasteiger partial charge on any atom is 0.410 e. The summed E-state index contributed by atoms with van der Waals surface area (Å²) in [7, 11) is 1.71. The minimum absolute atomic E-state index is 0.257. The van der Waals surface area contributed by atoms with Gasteiger partial charge in [0, 0.05) is 18.6 Å². The van der Waals surface area contributed by atoms with E-state index in [4.69, 9.17) is 21.1 Å². The fourth-order valence-electron chi connectivity index (χ4n) is 2.76. The van der Waals surface area contributed by atoms with Crippen molar-refractivity contribution in [2.45, 2.75) is 25.9 Å². The molecule has 1 aliphatic rings. The quantitative estimate of drug-likeness (QED) is 0.797. The van der Waals surface area contributed by atoms with Crippen LogP contribution in [-0.2, 0) is 4.74 Å². The summed E-state index contributed by atoms with van der Waals surface area (Å²) >= 11 is 6.05. The van der Waals surface area contributed by atoms with Crippen LogP contribution in [0.4, 0.5) is 4.79 Å². The SMILES string of the molecule is CC(C)c1ccc(OCC2CN(C)C(=O)O2)c2cnc(Cl)cc12. The van der Waals surface area contributed by atoms with Gasteiger partial charge in [0.2, 0.25) is 0 Å². The molecule has 1 amide bonds. The number of ether oxygens (including phenoxy) is 2. The van der Waals surface area contributed by atoms with E-state index in [-0.39, 0.29) is 12.2 Å². The third-order valence-corrected chi connectivity index (χ3v) is 4.17. The van der Waals surface area contributed by atoms with Gasteiger partial charge in [-0.2, -0.15) is 0 Å². The number of carbonyl (C=O) groups excluding carboxylic acids is 1. The minimum atomic E-state index is -0.313. The molecule has 1 aromatic carbocycles. The van der Waals surface area contributed by atoms with Crippen LogP contribution in [0.3, 0.4) is 0 Å². The lowest BCUT2D eigenvalue weighted by molar-refractivity contribution is 0.104. The van der Waals surface area contributed by atoms with Crippen molar-refractivity contribution in [1.82, 2.24) is 9.88 Å². The Bertz CT molecular complexity index is 748. The van der Waals surface area contributed by atoms with Crippen molar-refractivity contribution in [3.8, 4) is 5.75 Å². The second-order valence-electron chi connectivity index (χ2n) is 6.06. The average molecular weight is 335 g/mol. The summed E-state index contributed by atoms with van der Waals surface area (Å²) in [5.41, 5.74) is 1.20. The molecule has 1 fully saturated rings. The predicted molar refractivity (Wildman–Crippen MR) is 89.2 cm³/mol. The Morgan fingerprint density at radius 3 is 2.87 bits per heavy atom. The van der Waals surface area contributed by atoms with Crippen LogP contribution >= 0.6 is 11.6 Å². The van der Waals surface area contributed by atoms with E-state index in [1.807, 2.05) is 18.2 Å². The van der Waals surface area contributed by atoms with Gasteiger partial charge in [0.1, 0.15) is 17.5 Å². The number of halogens is 1. The summed E-state index contributed by atoms with van der Waals surface area (Å²) in [6, 6.07) is 5.85. The standard InChI is InChI=1S/C17H19ClN2O3/c1-10(2)12-4-5-15(14-7-19-16(18)6-13(12)14)22-9-11-8-20(3)17(21)23-11/h4-7,10-11H,8-9H2,1-3H3. The number of rotatable bonds is 4. The molecule has 0 bridgehead atoms. The van der Waals surface area contributed by atoms with Gasteiger partial charge in [-0.05, 0) is 29.0 Å². The van der Waals surface area contributed by atoms with Crippen molar-refractivity contribution in [3.63, 3.8) is 0 Å². The fourth-order valence-corrected chi connectivity index (χ4v) is 2.92. The van der Waals surface area contributed by atoms with Crippen LogP contribution in [-0.4, -0.2) is 42.3 Å². The zero-order valence-electron chi connectivity index (χ0n) is 13.4. The molecule has 1 atom stereocenters. The highest BCUT2D eigenvalue weighted by Crippen LogP contribution is 2.33. The monoisotopic (exact) mass is 334 g/mol. The molecule has 0 saturated carbocycles. The molecule has 1 aromatic heterocycles. The normalized spacial score (nSPS) is 17.9. The average Bonchev–Trinajstić information content (AvgIpc) is 2.82. The summed E-state index contributed by atoms with van der Waals surface area (Å²) in [4.78, 5) is 17.1. The van der Waals surface area contributed by atoms with Crippen LogP contribution in [0.15, 0.2) is 24.4 Å². The van der Waals surface area contributed by atoms with Crippen LogP contribution in [0, 0.1) is 0 Å². The summed E-state index contributed by atoms with van der Waals surface area (Å²) < 4.78 is 11.1. The number of hydrogen-bond acceptors (Lipinski definition) is 4. The Balaban J connectivity index is 1.87. The maximum atomic E-state index is 11.4. The molecule has 2 heterocycles. The molecule has 0 spiro atoms. The van der Waals surface area contributed by atoms with Gasteiger partial charge >= 0.3 is 6.09 Å². The van der Waals surface area contributed by atoms with E-state index in [9.17, 15) is 4.79 Å². The fraction of sp³-hybridized carbons (Fsp3) is 0.412. The van der Waals surface area contributed by atoms with Crippen molar-refractivity contribution < 1.29 is 14.3 Å². The van der Waals surface area contributed by atoms with E-state index in [2.05, 4.69) is 18.8 Å². The van der Waals surface area contributed by atoms with Crippen LogP contribution in [0.2, 0.25) is 5.15 Å². The van der Waals surface area contributed by atoms with Crippen molar-refractivity contribution in [2.75, 3.05) is 20.2 Å². The van der Waals surface area contributed by atoms with E-state index in [1.54, 1.807) is 13.2 Å². The van der Waals surface area contributed by atoms with Gasteiger partial charge in [-0.1, -0.05) is 31.5 Å². The lowest BCUT2D eigenvalue weighted by Crippen LogP contribution is -2.23. The number of amides is 1. The van der Waals surface area contributed by atoms with E-state index in [1.165, 1.54) is 10.5 Å². The number of cyclic esters (lactones) is 1. The number of benzene rings is 1. The number of aromatic nitrogens is 1. The van der Waals surface area contributed by atoms with Crippen LogP contribution in [0.25, 0.3) is 10.8 Å². The van der Waals surface area contributed by atoms with Crippen molar-refractivity contribution in [2.24, 2.45) is 0 Å². The highest BCUT2D eigenvalue weighted by Gasteiger charge is 2.28. The molecule has 3 rings (SSSR count). The predicted octanol–water partition coefficient (Wildman–Crippen LogP) is 3.84. The highest BCUT2D eigenvalue weighted by molar-refractivity contribution is 6.30. The first-order valence-electron chi connectivity index (χ1n) is 7.58. The molecule has 0 N–H and O–H groups in total. The van der Waals surface area contributed by atoms with Gasteiger partial charge in [0.15, 0.2) is 6.10 Å². The number of pyridine rings is 1. The van der Waals surface area contributed by atoms with Crippen LogP contribution < -0.4 is 4.74 Å². The summed E-state index contributed by atoms with van der Waals surface area (Å²) in [6.07, 6.45) is 1.16. The van der Waals surface area contributed by atoms with E-state index in [0.29, 0.717) is 24.2 Å². The Morgan fingerprint density at radius 1 is 1.43 bits per heavy atom. The molecule has 0 radical (unpaired) electrons. The molecule has 0 aliphatic carbocycles. The van der Waals surface area contributed by atoms with Gasteiger partial charge in [-0.25, -0.2) is 9.78 Å². The van der Waals surface area contributed by atoms with Gasteiger partial charge in [0.25, 0.3) is 0 Å². The van der Waals surface area contributed by atoms with Crippen LogP contribution in [0.5, 0.6) is 5.75 Å². The first-order chi connectivity index (χ1) is 11.0. The first-order valence-corrected chi connectivity index (χ1v) is 7.96. The van der Waals surface area contributed by atoms with Crippen molar-refractivity contribution in [1.29, 1.82) is 0 Å². The Morgan fingerprint density at radius 2 is 2.22 bits per heavy atom. The number of nitrogens with zero attached hydrogens (tertiary/aromatic N) is 2. The smallest absolute Gasteiger partial charge is 0.410 e. The Labute approximate surface area is 140 Å². The minimum Gasteiger partial charge on any atom is -0.489 e. The highest BCUT2D eigenvalue weighted by atomic mass is 35.5. The molecular formula is C17H19ClN2O3. The van der Waals surface area contributed by atoms with Crippen LogP contribution in [0.1, 0.15) is 25.3 Å². The van der Waals surface area contributed by atoms with Gasteiger partial charge < -0.3 is 14.4 Å². The number of hydrogen-bond donors (Lipinski definition) is 0.